The van der Waals surface area contributed by atoms with Crippen molar-refractivity contribution in [2.45, 2.75) is 76.2 Å². The van der Waals surface area contributed by atoms with Crippen LogP contribution in [-0.4, -0.2) is 59.1 Å². The van der Waals surface area contributed by atoms with E-state index >= 15 is 0 Å². The fraction of sp³-hybridized carbons (Fsp3) is 0.955. The minimum atomic E-state index is -0.568. The molecule has 0 aromatic carbocycles. The van der Waals surface area contributed by atoms with Gasteiger partial charge in [0.2, 0.25) is 5.91 Å². The molecule has 2 heterocycles. The lowest BCUT2D eigenvalue weighted by Gasteiger charge is -2.57. The summed E-state index contributed by atoms with van der Waals surface area (Å²) in [6.45, 7) is 4.60. The Bertz CT molecular complexity index is 511. The molecular weight excluding hydrogens is 324 g/mol. The van der Waals surface area contributed by atoms with Gasteiger partial charge in [-0.15, -0.1) is 0 Å². The van der Waals surface area contributed by atoms with E-state index in [2.05, 4.69) is 9.80 Å². The highest BCUT2D eigenvalue weighted by Crippen LogP contribution is 2.61. The van der Waals surface area contributed by atoms with Crippen LogP contribution in [0.1, 0.15) is 70.6 Å². The van der Waals surface area contributed by atoms with Gasteiger partial charge in [0.25, 0.3) is 0 Å². The third-order valence-corrected chi connectivity index (χ3v) is 8.45. The number of β-amino-alcohol motifs (C(OH)–C–C–N with tert-alkyl or cyclic N) is 1. The smallest absolute Gasteiger partial charge is 0.223 e. The van der Waals surface area contributed by atoms with Crippen molar-refractivity contribution in [3.63, 3.8) is 0 Å². The third kappa shape index (κ3) is 3.32. The first kappa shape index (κ1) is 17.5. The van der Waals surface area contributed by atoms with Crippen molar-refractivity contribution < 1.29 is 9.90 Å². The first-order valence-corrected chi connectivity index (χ1v) is 11.2. The van der Waals surface area contributed by atoms with Crippen LogP contribution in [0, 0.1) is 23.2 Å². The Morgan fingerprint density at radius 3 is 1.96 bits per heavy atom. The number of amides is 1. The van der Waals surface area contributed by atoms with Crippen LogP contribution in [0.4, 0.5) is 0 Å². The van der Waals surface area contributed by atoms with E-state index < -0.39 is 5.60 Å². The normalized spacial score (nSPS) is 41.7. The van der Waals surface area contributed by atoms with Crippen LogP contribution in [0.15, 0.2) is 0 Å². The maximum atomic E-state index is 13.1. The monoisotopic (exact) mass is 360 g/mol. The summed E-state index contributed by atoms with van der Waals surface area (Å²) in [6.07, 6.45) is 13.1. The molecule has 0 aromatic rings. The molecule has 146 valence electrons. The summed E-state index contributed by atoms with van der Waals surface area (Å²) in [5.74, 6) is 3.14. The van der Waals surface area contributed by atoms with Crippen LogP contribution in [0.5, 0.6) is 0 Å². The van der Waals surface area contributed by atoms with Crippen LogP contribution >= 0.6 is 0 Å². The molecule has 0 spiro atoms. The highest BCUT2D eigenvalue weighted by Gasteiger charge is 2.52. The third-order valence-electron chi connectivity index (χ3n) is 8.45. The standard InChI is InChI=1S/C22H36N2O2/c25-20(15-21-12-17-9-18(13-21)11-19(10-17)14-21)24-7-3-22(26,4-8-24)16-23-5-1-2-6-23/h17-19,26H,1-16H2. The fourth-order valence-electron chi connectivity index (χ4n) is 7.63. The molecule has 0 atom stereocenters. The number of carbonyl (C=O) groups excluding carboxylic acids is 1. The van der Waals surface area contributed by atoms with Crippen molar-refractivity contribution in [2.24, 2.45) is 23.2 Å². The second kappa shape index (κ2) is 6.48. The minimum absolute atomic E-state index is 0.342. The van der Waals surface area contributed by atoms with Crippen molar-refractivity contribution >= 4 is 5.91 Å². The van der Waals surface area contributed by atoms with Crippen LogP contribution < -0.4 is 0 Å². The predicted molar refractivity (Wildman–Crippen MR) is 102 cm³/mol. The number of aliphatic hydroxyl groups is 1. The SMILES string of the molecule is O=C(CC12CC3CC(CC(C3)C1)C2)N1CCC(O)(CN2CCCC2)CC1. The minimum Gasteiger partial charge on any atom is -0.388 e. The second-order valence-electron chi connectivity index (χ2n) is 10.7. The van der Waals surface area contributed by atoms with Gasteiger partial charge in [-0.25, -0.2) is 0 Å². The van der Waals surface area contributed by atoms with Crippen LogP contribution in [0.25, 0.3) is 0 Å². The second-order valence-corrected chi connectivity index (χ2v) is 10.7. The maximum Gasteiger partial charge on any atom is 0.223 e. The summed E-state index contributed by atoms with van der Waals surface area (Å²) in [6, 6.07) is 0. The first-order chi connectivity index (χ1) is 12.5. The van der Waals surface area contributed by atoms with Gasteiger partial charge in [0.1, 0.15) is 0 Å². The van der Waals surface area contributed by atoms with E-state index in [4.69, 9.17) is 0 Å². The van der Waals surface area contributed by atoms with Crippen molar-refractivity contribution in [3.05, 3.63) is 0 Å². The summed E-state index contributed by atoms with van der Waals surface area (Å²) in [5, 5.41) is 11.0. The number of rotatable bonds is 4. The molecule has 2 saturated heterocycles. The molecule has 6 aliphatic rings. The molecule has 4 heteroatoms. The zero-order valence-electron chi connectivity index (χ0n) is 16.3. The van der Waals surface area contributed by atoms with E-state index in [1.165, 1.54) is 51.4 Å². The van der Waals surface area contributed by atoms with Gasteiger partial charge in [-0.2, -0.15) is 0 Å². The Morgan fingerprint density at radius 2 is 1.42 bits per heavy atom. The van der Waals surface area contributed by atoms with Crippen LogP contribution in [0.3, 0.4) is 0 Å². The molecular formula is C22H36N2O2. The van der Waals surface area contributed by atoms with Crippen LogP contribution in [-0.2, 0) is 4.79 Å². The topological polar surface area (TPSA) is 43.8 Å². The largest absolute Gasteiger partial charge is 0.388 e. The molecule has 26 heavy (non-hydrogen) atoms. The Hall–Kier alpha value is -0.610. The molecule has 2 aliphatic heterocycles. The summed E-state index contributed by atoms with van der Waals surface area (Å²) < 4.78 is 0. The van der Waals surface area contributed by atoms with Crippen molar-refractivity contribution in [3.8, 4) is 0 Å². The van der Waals surface area contributed by atoms with Crippen molar-refractivity contribution in [2.75, 3.05) is 32.7 Å². The zero-order valence-corrected chi connectivity index (χ0v) is 16.3. The Balaban J connectivity index is 1.16. The zero-order chi connectivity index (χ0) is 17.8. The van der Waals surface area contributed by atoms with Gasteiger partial charge in [-0.3, -0.25) is 4.79 Å². The summed E-state index contributed by atoms with van der Waals surface area (Å²) in [5.41, 5.74) is -0.225. The molecule has 0 unspecified atom stereocenters. The molecule has 4 nitrogen and oxygen atoms in total. The molecule has 6 fully saturated rings. The van der Waals surface area contributed by atoms with Crippen molar-refractivity contribution in [1.29, 1.82) is 0 Å². The summed E-state index contributed by atoms with van der Waals surface area (Å²) >= 11 is 0. The van der Waals surface area contributed by atoms with Gasteiger partial charge in [0, 0.05) is 26.1 Å². The summed E-state index contributed by atoms with van der Waals surface area (Å²) in [4.78, 5) is 17.6. The lowest BCUT2D eigenvalue weighted by atomic mass is 9.49. The Morgan fingerprint density at radius 1 is 0.885 bits per heavy atom. The van der Waals surface area contributed by atoms with E-state index in [1.54, 1.807) is 0 Å². The molecule has 1 amide bonds. The first-order valence-electron chi connectivity index (χ1n) is 11.2. The van der Waals surface area contributed by atoms with E-state index in [-0.39, 0.29) is 0 Å². The van der Waals surface area contributed by atoms with Gasteiger partial charge in [0.15, 0.2) is 0 Å². The average Bonchev–Trinajstić information content (AvgIpc) is 3.06. The van der Waals surface area contributed by atoms with Gasteiger partial charge in [-0.1, -0.05) is 0 Å². The van der Waals surface area contributed by atoms with Gasteiger partial charge in [-0.05, 0) is 100 Å². The Kier molecular flexibility index (Phi) is 4.36. The van der Waals surface area contributed by atoms with Crippen LogP contribution in [0.2, 0.25) is 0 Å². The number of nitrogens with zero attached hydrogens (tertiary/aromatic N) is 2. The highest BCUT2D eigenvalue weighted by molar-refractivity contribution is 5.77. The maximum absolute atomic E-state index is 13.1. The number of hydrogen-bond acceptors (Lipinski definition) is 3. The predicted octanol–water partition coefficient (Wildman–Crippen LogP) is 3.04. The van der Waals surface area contributed by atoms with Gasteiger partial charge < -0.3 is 14.9 Å². The summed E-state index contributed by atoms with van der Waals surface area (Å²) in [7, 11) is 0. The highest BCUT2D eigenvalue weighted by atomic mass is 16.3. The molecule has 1 N–H and O–H groups in total. The molecule has 4 bridgehead atoms. The quantitative estimate of drug-likeness (QED) is 0.838. The van der Waals surface area contributed by atoms with Gasteiger partial charge in [0.05, 0.1) is 5.60 Å². The average molecular weight is 361 g/mol. The van der Waals surface area contributed by atoms with E-state index in [1.807, 2.05) is 0 Å². The van der Waals surface area contributed by atoms with Gasteiger partial charge >= 0.3 is 0 Å². The molecule has 4 aliphatic carbocycles. The molecule has 0 aromatic heterocycles. The van der Waals surface area contributed by atoms with E-state index in [9.17, 15) is 9.90 Å². The Labute approximate surface area is 158 Å². The van der Waals surface area contributed by atoms with E-state index in [0.717, 1.165) is 69.7 Å². The molecule has 6 rings (SSSR count). The lowest BCUT2D eigenvalue weighted by Crippen LogP contribution is -2.53. The van der Waals surface area contributed by atoms with E-state index in [0.29, 0.717) is 11.3 Å². The number of likely N-dealkylation sites (tertiary alicyclic amines) is 2. The molecule has 4 saturated carbocycles. The fourth-order valence-corrected chi connectivity index (χ4v) is 7.63. The number of carbonyl (C=O) groups is 1. The van der Waals surface area contributed by atoms with Crippen molar-refractivity contribution in [1.82, 2.24) is 9.80 Å². The number of hydrogen-bond donors (Lipinski definition) is 1. The number of piperidine rings is 1. The molecule has 0 radical (unpaired) electrons. The lowest BCUT2D eigenvalue weighted by molar-refractivity contribution is -0.144.